The van der Waals surface area contributed by atoms with Gasteiger partial charge in [0.15, 0.2) is 5.96 Å². The molecule has 0 saturated carbocycles. The Bertz CT molecular complexity index is 460. The predicted octanol–water partition coefficient (Wildman–Crippen LogP) is 2.55. The third kappa shape index (κ3) is 8.17. The number of pyridine rings is 1. The van der Waals surface area contributed by atoms with Gasteiger partial charge in [-0.2, -0.15) is 0 Å². The van der Waals surface area contributed by atoms with E-state index in [0.29, 0.717) is 5.15 Å². The van der Waals surface area contributed by atoms with Crippen molar-refractivity contribution in [1.82, 2.24) is 20.5 Å². The molecule has 1 saturated heterocycles. The van der Waals surface area contributed by atoms with Gasteiger partial charge in [-0.15, -0.1) is 24.0 Å². The summed E-state index contributed by atoms with van der Waals surface area (Å²) in [5.41, 5.74) is 1.17. The summed E-state index contributed by atoms with van der Waals surface area (Å²) in [6.45, 7) is 5.50. The summed E-state index contributed by atoms with van der Waals surface area (Å²) >= 11 is 5.78. The van der Waals surface area contributed by atoms with E-state index in [0.717, 1.165) is 31.9 Å². The van der Waals surface area contributed by atoms with Crippen LogP contribution in [0.25, 0.3) is 0 Å². The van der Waals surface area contributed by atoms with Gasteiger partial charge < -0.3 is 15.5 Å². The highest BCUT2D eigenvalue weighted by molar-refractivity contribution is 14.0. The maximum Gasteiger partial charge on any atom is 0.190 e. The fourth-order valence-corrected chi connectivity index (χ4v) is 2.73. The van der Waals surface area contributed by atoms with Crippen molar-refractivity contribution in [1.29, 1.82) is 0 Å². The SMILES string of the molecule is CN=C(NCCCN1CCCC1)NCCc1ccc(Cl)nc1.I. The number of hydrogen-bond acceptors (Lipinski definition) is 3. The third-order valence-corrected chi connectivity index (χ3v) is 4.08. The molecule has 0 bridgehead atoms. The first-order valence-corrected chi connectivity index (χ1v) is 8.43. The molecule has 0 spiro atoms. The van der Waals surface area contributed by atoms with Crippen molar-refractivity contribution in [2.75, 3.05) is 39.8 Å². The maximum atomic E-state index is 5.78. The predicted molar refractivity (Wildman–Crippen MR) is 108 cm³/mol. The average molecular weight is 452 g/mol. The molecule has 7 heteroatoms. The highest BCUT2D eigenvalue weighted by Crippen LogP contribution is 2.07. The van der Waals surface area contributed by atoms with Gasteiger partial charge in [0.25, 0.3) is 0 Å². The molecule has 0 aromatic carbocycles. The summed E-state index contributed by atoms with van der Waals surface area (Å²) < 4.78 is 0. The Hall–Kier alpha value is -0.600. The van der Waals surface area contributed by atoms with Crippen LogP contribution >= 0.6 is 35.6 Å². The van der Waals surface area contributed by atoms with E-state index >= 15 is 0 Å². The lowest BCUT2D eigenvalue weighted by atomic mass is 10.2. The standard InChI is InChI=1S/C16H26ClN5.HI/c1-18-16(19-8-4-12-22-10-2-3-11-22)20-9-7-14-5-6-15(17)21-13-14;/h5-6,13H,2-4,7-12H2,1H3,(H2,18,19,20);1H. The molecule has 0 aliphatic carbocycles. The van der Waals surface area contributed by atoms with E-state index in [1.807, 2.05) is 18.3 Å². The molecule has 0 radical (unpaired) electrons. The van der Waals surface area contributed by atoms with Crippen LogP contribution in [0.1, 0.15) is 24.8 Å². The first-order chi connectivity index (χ1) is 10.8. The van der Waals surface area contributed by atoms with E-state index < -0.39 is 0 Å². The average Bonchev–Trinajstić information content (AvgIpc) is 3.05. The molecular weight excluding hydrogens is 425 g/mol. The van der Waals surface area contributed by atoms with Crippen molar-refractivity contribution in [2.45, 2.75) is 25.7 Å². The summed E-state index contributed by atoms with van der Waals surface area (Å²) in [6, 6.07) is 3.82. The Morgan fingerprint density at radius 1 is 1.26 bits per heavy atom. The van der Waals surface area contributed by atoms with Gasteiger partial charge in [-0.3, -0.25) is 4.99 Å². The van der Waals surface area contributed by atoms with E-state index in [-0.39, 0.29) is 24.0 Å². The van der Waals surface area contributed by atoms with Crippen LogP contribution < -0.4 is 10.6 Å². The number of nitrogens with zero attached hydrogens (tertiary/aromatic N) is 3. The summed E-state index contributed by atoms with van der Waals surface area (Å²) in [5, 5.41) is 7.22. The zero-order chi connectivity index (χ0) is 15.6. The number of aliphatic imine (C=N–C) groups is 1. The largest absolute Gasteiger partial charge is 0.356 e. The molecule has 1 aromatic heterocycles. The molecule has 2 N–H and O–H groups in total. The number of rotatable bonds is 7. The summed E-state index contributed by atoms with van der Waals surface area (Å²) in [7, 11) is 1.81. The highest BCUT2D eigenvalue weighted by Gasteiger charge is 2.10. The normalized spacial score (nSPS) is 15.3. The number of aromatic nitrogens is 1. The van der Waals surface area contributed by atoms with Gasteiger partial charge in [0.1, 0.15) is 5.15 Å². The van der Waals surface area contributed by atoms with Gasteiger partial charge in [0, 0.05) is 26.3 Å². The number of nitrogens with one attached hydrogen (secondary N) is 2. The summed E-state index contributed by atoms with van der Waals surface area (Å²) in [5.74, 6) is 0.864. The number of likely N-dealkylation sites (tertiary alicyclic amines) is 1. The molecular formula is C16H27ClIN5. The fourth-order valence-electron chi connectivity index (χ4n) is 2.62. The lowest BCUT2D eigenvalue weighted by Crippen LogP contribution is -2.39. The molecule has 0 atom stereocenters. The van der Waals surface area contributed by atoms with Crippen molar-refractivity contribution < 1.29 is 0 Å². The van der Waals surface area contributed by atoms with E-state index in [4.69, 9.17) is 11.6 Å². The number of hydrogen-bond donors (Lipinski definition) is 2. The minimum absolute atomic E-state index is 0. The minimum atomic E-state index is 0. The van der Waals surface area contributed by atoms with Crippen LogP contribution in [0.4, 0.5) is 0 Å². The molecule has 1 aromatic rings. The van der Waals surface area contributed by atoms with Crippen LogP contribution in [-0.4, -0.2) is 55.6 Å². The molecule has 5 nitrogen and oxygen atoms in total. The highest BCUT2D eigenvalue weighted by atomic mass is 127. The van der Waals surface area contributed by atoms with Gasteiger partial charge in [-0.1, -0.05) is 17.7 Å². The van der Waals surface area contributed by atoms with Crippen molar-refractivity contribution in [2.24, 2.45) is 4.99 Å². The first kappa shape index (κ1) is 20.4. The van der Waals surface area contributed by atoms with Gasteiger partial charge in [0.05, 0.1) is 0 Å². The fraction of sp³-hybridized carbons (Fsp3) is 0.625. The molecule has 2 heterocycles. The van der Waals surface area contributed by atoms with E-state index in [9.17, 15) is 0 Å². The van der Waals surface area contributed by atoms with Crippen molar-refractivity contribution >= 4 is 41.5 Å². The first-order valence-electron chi connectivity index (χ1n) is 8.05. The minimum Gasteiger partial charge on any atom is -0.356 e. The van der Waals surface area contributed by atoms with Crippen LogP contribution in [0.3, 0.4) is 0 Å². The van der Waals surface area contributed by atoms with Gasteiger partial charge in [-0.05, 0) is 56.9 Å². The zero-order valence-electron chi connectivity index (χ0n) is 13.7. The molecule has 1 aliphatic heterocycles. The van der Waals surface area contributed by atoms with Crippen LogP contribution in [0.5, 0.6) is 0 Å². The monoisotopic (exact) mass is 451 g/mol. The van der Waals surface area contributed by atoms with Crippen LogP contribution in [0.2, 0.25) is 5.15 Å². The molecule has 1 aliphatic rings. The molecule has 0 amide bonds. The van der Waals surface area contributed by atoms with Gasteiger partial charge in [-0.25, -0.2) is 4.98 Å². The number of halogens is 2. The summed E-state index contributed by atoms with van der Waals surface area (Å²) in [6.07, 6.45) is 6.59. The van der Waals surface area contributed by atoms with E-state index in [1.165, 1.54) is 38.0 Å². The smallest absolute Gasteiger partial charge is 0.190 e. The van der Waals surface area contributed by atoms with Gasteiger partial charge in [0.2, 0.25) is 0 Å². The molecule has 23 heavy (non-hydrogen) atoms. The summed E-state index contributed by atoms with van der Waals surface area (Å²) in [4.78, 5) is 10.9. The van der Waals surface area contributed by atoms with Crippen LogP contribution in [0, 0.1) is 0 Å². The number of guanidine groups is 1. The Balaban J connectivity index is 0.00000264. The van der Waals surface area contributed by atoms with E-state index in [2.05, 4.69) is 25.5 Å². The third-order valence-electron chi connectivity index (χ3n) is 3.86. The van der Waals surface area contributed by atoms with Crippen molar-refractivity contribution in [3.05, 3.63) is 29.0 Å². The van der Waals surface area contributed by atoms with Gasteiger partial charge >= 0.3 is 0 Å². The Kier molecular flexibility index (Phi) is 10.5. The van der Waals surface area contributed by atoms with Crippen molar-refractivity contribution in [3.63, 3.8) is 0 Å². The Morgan fingerprint density at radius 2 is 2.00 bits per heavy atom. The molecule has 130 valence electrons. The van der Waals surface area contributed by atoms with Crippen molar-refractivity contribution in [3.8, 4) is 0 Å². The van der Waals surface area contributed by atoms with E-state index in [1.54, 1.807) is 7.05 Å². The molecule has 0 unspecified atom stereocenters. The Morgan fingerprint density at radius 3 is 2.65 bits per heavy atom. The topological polar surface area (TPSA) is 52.6 Å². The van der Waals surface area contributed by atoms with Crippen LogP contribution in [0.15, 0.2) is 23.3 Å². The van der Waals surface area contributed by atoms with Crippen LogP contribution in [-0.2, 0) is 6.42 Å². The molecule has 2 rings (SSSR count). The Labute approximate surface area is 161 Å². The zero-order valence-corrected chi connectivity index (χ0v) is 16.8. The second-order valence-corrected chi connectivity index (χ2v) is 5.95. The lowest BCUT2D eigenvalue weighted by Gasteiger charge is -2.16. The molecule has 1 fully saturated rings. The maximum absolute atomic E-state index is 5.78. The second-order valence-electron chi connectivity index (χ2n) is 5.57. The lowest BCUT2D eigenvalue weighted by molar-refractivity contribution is 0.334. The second kappa shape index (κ2) is 11.9. The quantitative estimate of drug-likeness (QED) is 0.220.